The van der Waals surface area contributed by atoms with E-state index in [2.05, 4.69) is 10.6 Å². The van der Waals surface area contributed by atoms with Crippen LogP contribution in [0.25, 0.3) is 0 Å². The molecule has 11 heavy (non-hydrogen) atoms. The van der Waals surface area contributed by atoms with Gasteiger partial charge in [-0.1, -0.05) is 0 Å². The van der Waals surface area contributed by atoms with E-state index in [1.54, 1.807) is 14.1 Å². The first kappa shape index (κ1) is 8.93. The molecule has 1 saturated carbocycles. The standard InChI is InChI=1S/C7H16N2O2/c1-8-4-3-5(9-2)7(11)6(4)10/h4-11H,3H2,1-2H3/t4-,5-,6+,7+/m1/s1. The number of hydrogen-bond acceptors (Lipinski definition) is 4. The number of likely N-dealkylation sites (N-methyl/N-ethyl adjacent to an activating group) is 2. The molecule has 0 saturated heterocycles. The van der Waals surface area contributed by atoms with Crippen LogP contribution in [0.2, 0.25) is 0 Å². The van der Waals surface area contributed by atoms with Crippen LogP contribution in [0.4, 0.5) is 0 Å². The van der Waals surface area contributed by atoms with Crippen molar-refractivity contribution in [3.8, 4) is 0 Å². The van der Waals surface area contributed by atoms with Crippen LogP contribution in [-0.4, -0.2) is 48.6 Å². The van der Waals surface area contributed by atoms with E-state index in [0.29, 0.717) is 0 Å². The number of hydrogen-bond donors (Lipinski definition) is 4. The molecule has 0 radical (unpaired) electrons. The Morgan fingerprint density at radius 1 is 1.00 bits per heavy atom. The normalized spacial score (nSPS) is 44.7. The van der Waals surface area contributed by atoms with Crippen molar-refractivity contribution in [2.24, 2.45) is 0 Å². The van der Waals surface area contributed by atoms with Gasteiger partial charge in [0.2, 0.25) is 0 Å². The minimum absolute atomic E-state index is 0.0162. The van der Waals surface area contributed by atoms with Gasteiger partial charge in [-0.25, -0.2) is 0 Å². The molecule has 1 fully saturated rings. The van der Waals surface area contributed by atoms with Crippen molar-refractivity contribution >= 4 is 0 Å². The molecule has 0 unspecified atom stereocenters. The fourth-order valence-corrected chi connectivity index (χ4v) is 1.61. The predicted octanol–water partition coefficient (Wildman–Crippen LogP) is -1.71. The Morgan fingerprint density at radius 2 is 1.36 bits per heavy atom. The Bertz CT molecular complexity index is 114. The molecule has 0 aliphatic heterocycles. The van der Waals surface area contributed by atoms with Gasteiger partial charge in [-0.05, 0) is 20.5 Å². The Balaban J connectivity index is 2.53. The van der Waals surface area contributed by atoms with Crippen LogP contribution in [0.5, 0.6) is 0 Å². The van der Waals surface area contributed by atoms with E-state index in [9.17, 15) is 10.2 Å². The Kier molecular flexibility index (Phi) is 2.84. The molecule has 4 nitrogen and oxygen atoms in total. The Labute approximate surface area is 66.6 Å². The SMILES string of the molecule is CN[C@@H]1C[C@@H](NC)[C@H](O)[C@H]1O. The maximum absolute atomic E-state index is 9.41. The number of nitrogens with one attached hydrogen (secondary N) is 2. The van der Waals surface area contributed by atoms with Crippen molar-refractivity contribution in [3.63, 3.8) is 0 Å². The number of aliphatic hydroxyl groups is 2. The molecule has 1 aliphatic carbocycles. The highest BCUT2D eigenvalue weighted by atomic mass is 16.3. The van der Waals surface area contributed by atoms with Gasteiger partial charge in [0, 0.05) is 12.1 Å². The maximum Gasteiger partial charge on any atom is 0.0967 e. The summed E-state index contributed by atoms with van der Waals surface area (Å²) in [5.41, 5.74) is 0. The molecule has 1 aliphatic rings. The molecular formula is C7H16N2O2. The largest absolute Gasteiger partial charge is 0.389 e. The highest BCUT2D eigenvalue weighted by molar-refractivity contribution is 4.97. The van der Waals surface area contributed by atoms with Crippen molar-refractivity contribution < 1.29 is 10.2 Å². The van der Waals surface area contributed by atoms with E-state index >= 15 is 0 Å². The van der Waals surface area contributed by atoms with Crippen LogP contribution in [0.3, 0.4) is 0 Å². The third-order valence-corrected chi connectivity index (χ3v) is 2.42. The second kappa shape index (κ2) is 3.49. The van der Waals surface area contributed by atoms with Gasteiger partial charge in [0.15, 0.2) is 0 Å². The second-order valence-corrected chi connectivity index (χ2v) is 3.01. The summed E-state index contributed by atoms with van der Waals surface area (Å²) in [6.07, 6.45) is -0.509. The smallest absolute Gasteiger partial charge is 0.0967 e. The third kappa shape index (κ3) is 1.54. The molecule has 4 atom stereocenters. The molecule has 0 amide bonds. The summed E-state index contributed by atoms with van der Waals surface area (Å²) < 4.78 is 0. The summed E-state index contributed by atoms with van der Waals surface area (Å²) in [5, 5.41) is 24.7. The second-order valence-electron chi connectivity index (χ2n) is 3.01. The first-order valence-electron chi connectivity index (χ1n) is 3.91. The summed E-state index contributed by atoms with van der Waals surface area (Å²) >= 11 is 0. The average molecular weight is 160 g/mol. The summed E-state index contributed by atoms with van der Waals surface area (Å²) in [4.78, 5) is 0. The maximum atomic E-state index is 9.41. The lowest BCUT2D eigenvalue weighted by Gasteiger charge is -2.15. The highest BCUT2D eigenvalue weighted by Gasteiger charge is 2.39. The van der Waals surface area contributed by atoms with Gasteiger partial charge < -0.3 is 20.8 Å². The highest BCUT2D eigenvalue weighted by Crippen LogP contribution is 2.19. The number of aliphatic hydroxyl groups excluding tert-OH is 2. The molecule has 0 aromatic heterocycles. The summed E-state index contributed by atoms with van der Waals surface area (Å²) in [6.45, 7) is 0. The Hall–Kier alpha value is -0.160. The molecule has 4 N–H and O–H groups in total. The van der Waals surface area contributed by atoms with E-state index < -0.39 is 12.2 Å². The summed E-state index contributed by atoms with van der Waals surface area (Å²) in [7, 11) is 3.58. The van der Waals surface area contributed by atoms with Crippen molar-refractivity contribution in [1.29, 1.82) is 0 Å². The minimum atomic E-state index is -0.641. The van der Waals surface area contributed by atoms with Crippen molar-refractivity contribution in [3.05, 3.63) is 0 Å². The zero-order chi connectivity index (χ0) is 8.43. The van der Waals surface area contributed by atoms with Crippen LogP contribution in [0, 0.1) is 0 Å². The third-order valence-electron chi connectivity index (χ3n) is 2.42. The van der Waals surface area contributed by atoms with E-state index in [4.69, 9.17) is 0 Å². The lowest BCUT2D eigenvalue weighted by Crippen LogP contribution is -2.40. The molecule has 4 heteroatoms. The van der Waals surface area contributed by atoms with Crippen LogP contribution in [-0.2, 0) is 0 Å². The topological polar surface area (TPSA) is 64.5 Å². The molecule has 0 heterocycles. The zero-order valence-corrected chi connectivity index (χ0v) is 6.91. The van der Waals surface area contributed by atoms with E-state index in [1.807, 2.05) is 0 Å². The number of rotatable bonds is 2. The van der Waals surface area contributed by atoms with Gasteiger partial charge in [0.25, 0.3) is 0 Å². The lowest BCUT2D eigenvalue weighted by molar-refractivity contribution is 0.0214. The molecule has 1 rings (SSSR count). The summed E-state index contributed by atoms with van der Waals surface area (Å²) in [5.74, 6) is 0. The van der Waals surface area contributed by atoms with Gasteiger partial charge >= 0.3 is 0 Å². The first-order valence-corrected chi connectivity index (χ1v) is 3.91. The van der Waals surface area contributed by atoms with E-state index in [-0.39, 0.29) is 12.1 Å². The zero-order valence-electron chi connectivity index (χ0n) is 6.91. The van der Waals surface area contributed by atoms with Crippen molar-refractivity contribution in [1.82, 2.24) is 10.6 Å². The van der Waals surface area contributed by atoms with Crippen molar-refractivity contribution in [2.75, 3.05) is 14.1 Å². The van der Waals surface area contributed by atoms with Crippen molar-refractivity contribution in [2.45, 2.75) is 30.7 Å². The molecule has 0 bridgehead atoms. The van der Waals surface area contributed by atoms with Gasteiger partial charge in [-0.15, -0.1) is 0 Å². The van der Waals surface area contributed by atoms with Gasteiger partial charge in [0.05, 0.1) is 12.2 Å². The quantitative estimate of drug-likeness (QED) is 0.388. The van der Waals surface area contributed by atoms with Gasteiger partial charge in [-0.2, -0.15) is 0 Å². The Morgan fingerprint density at radius 3 is 1.55 bits per heavy atom. The predicted molar refractivity (Wildman–Crippen MR) is 42.3 cm³/mol. The van der Waals surface area contributed by atoms with Crippen LogP contribution < -0.4 is 10.6 Å². The van der Waals surface area contributed by atoms with Crippen LogP contribution >= 0.6 is 0 Å². The lowest BCUT2D eigenvalue weighted by atomic mass is 10.2. The molecule has 0 aromatic carbocycles. The fraction of sp³-hybridized carbons (Fsp3) is 1.00. The van der Waals surface area contributed by atoms with Crippen LogP contribution in [0.15, 0.2) is 0 Å². The van der Waals surface area contributed by atoms with E-state index in [0.717, 1.165) is 6.42 Å². The van der Waals surface area contributed by atoms with Gasteiger partial charge in [-0.3, -0.25) is 0 Å². The first-order chi connectivity index (χ1) is 5.20. The molecule has 66 valence electrons. The summed E-state index contributed by atoms with van der Waals surface area (Å²) in [6, 6.07) is 0.0323. The van der Waals surface area contributed by atoms with Crippen LogP contribution in [0.1, 0.15) is 6.42 Å². The van der Waals surface area contributed by atoms with E-state index in [1.165, 1.54) is 0 Å². The average Bonchev–Trinajstić information content (AvgIpc) is 2.30. The monoisotopic (exact) mass is 160 g/mol. The van der Waals surface area contributed by atoms with Gasteiger partial charge in [0.1, 0.15) is 0 Å². The minimum Gasteiger partial charge on any atom is -0.389 e. The molecular weight excluding hydrogens is 144 g/mol. The molecule has 0 spiro atoms. The molecule has 0 aromatic rings. The fourth-order valence-electron chi connectivity index (χ4n) is 1.61.